The largest absolute Gasteiger partial charge is 0.478 e. The third-order valence-corrected chi connectivity index (χ3v) is 5.34. The average Bonchev–Trinajstić information content (AvgIpc) is 2.62. The molecule has 10 heteroatoms. The fourth-order valence-corrected chi connectivity index (χ4v) is 3.25. The highest BCUT2D eigenvalue weighted by molar-refractivity contribution is 7.92. The van der Waals surface area contributed by atoms with Crippen molar-refractivity contribution in [1.29, 1.82) is 0 Å². The van der Waals surface area contributed by atoms with Gasteiger partial charge in [0.2, 0.25) is 10.0 Å². The molecule has 0 saturated carbocycles. The molecule has 0 bridgehead atoms. The summed E-state index contributed by atoms with van der Waals surface area (Å²) in [6.45, 7) is 5.51. The number of amides is 1. The van der Waals surface area contributed by atoms with Gasteiger partial charge in [0.1, 0.15) is 0 Å². The fraction of sp³-hybridized carbons (Fsp3) is 0.500. The minimum atomic E-state index is -3.57. The zero-order chi connectivity index (χ0) is 19.3. The van der Waals surface area contributed by atoms with Crippen LogP contribution in [-0.2, 0) is 14.8 Å². The number of hydrogen-bond acceptors (Lipinski definition) is 6. The number of carboxylic acids is 1. The predicted octanol–water partition coefficient (Wildman–Crippen LogP) is 1.42. The van der Waals surface area contributed by atoms with E-state index >= 15 is 0 Å². The van der Waals surface area contributed by atoms with Crippen molar-refractivity contribution in [2.75, 3.05) is 48.2 Å². The van der Waals surface area contributed by atoms with Crippen molar-refractivity contribution >= 4 is 33.5 Å². The van der Waals surface area contributed by atoms with E-state index in [1.807, 2.05) is 4.90 Å². The van der Waals surface area contributed by atoms with Crippen molar-refractivity contribution in [1.82, 2.24) is 4.90 Å². The summed E-state index contributed by atoms with van der Waals surface area (Å²) in [5.41, 5.74) is 0.575. The minimum Gasteiger partial charge on any atom is -0.478 e. The third-order valence-electron chi connectivity index (χ3n) is 4.05. The van der Waals surface area contributed by atoms with Gasteiger partial charge in [-0.25, -0.2) is 18.0 Å². The van der Waals surface area contributed by atoms with Gasteiger partial charge in [0.15, 0.2) is 0 Å². The number of nitrogens with zero attached hydrogens (tertiary/aromatic N) is 2. The normalized spacial score (nSPS) is 14.8. The molecule has 1 aliphatic rings. The van der Waals surface area contributed by atoms with Crippen LogP contribution in [0.4, 0.5) is 16.2 Å². The van der Waals surface area contributed by atoms with E-state index in [4.69, 9.17) is 4.74 Å². The smallest absolute Gasteiger partial charge is 0.409 e. The Hall–Kier alpha value is -2.49. The number of hydrogen-bond donors (Lipinski definition) is 2. The Balaban J connectivity index is 2.15. The molecule has 0 atom stereocenters. The maximum Gasteiger partial charge on any atom is 0.409 e. The molecule has 2 N–H and O–H groups in total. The van der Waals surface area contributed by atoms with E-state index in [9.17, 15) is 23.1 Å². The maximum atomic E-state index is 11.7. The monoisotopic (exact) mass is 385 g/mol. The number of carboxylic acid groups (broad SMARTS) is 1. The molecule has 1 aliphatic heterocycles. The summed E-state index contributed by atoms with van der Waals surface area (Å²) >= 11 is 0. The zero-order valence-corrected chi connectivity index (χ0v) is 15.6. The van der Waals surface area contributed by atoms with E-state index in [0.717, 1.165) is 0 Å². The number of aromatic carboxylic acids is 1. The molecular weight excluding hydrogens is 362 g/mol. The quantitative estimate of drug-likeness (QED) is 0.761. The van der Waals surface area contributed by atoms with Crippen molar-refractivity contribution in [3.05, 3.63) is 23.8 Å². The Morgan fingerprint density at radius 1 is 1.19 bits per heavy atom. The van der Waals surface area contributed by atoms with Crippen LogP contribution in [0.1, 0.15) is 24.2 Å². The molecule has 1 aromatic rings. The standard InChI is InChI=1S/C16H23N3O6S/c1-3-25-16(22)19-9-7-18(8-10-19)12-5-6-14(13(11-12)15(20)21)17-26(23,24)4-2/h5-6,11,17H,3-4,7-10H2,1-2H3,(H,20,21). The Morgan fingerprint density at radius 2 is 1.85 bits per heavy atom. The summed E-state index contributed by atoms with van der Waals surface area (Å²) in [6.07, 6.45) is -0.359. The Bertz CT molecular complexity index is 772. The zero-order valence-electron chi connectivity index (χ0n) is 14.8. The van der Waals surface area contributed by atoms with Crippen molar-refractivity contribution in [2.24, 2.45) is 0 Å². The first-order chi connectivity index (χ1) is 12.3. The van der Waals surface area contributed by atoms with Gasteiger partial charge in [-0.3, -0.25) is 4.72 Å². The topological polar surface area (TPSA) is 116 Å². The summed E-state index contributed by atoms with van der Waals surface area (Å²) in [6, 6.07) is 4.56. The lowest BCUT2D eigenvalue weighted by Gasteiger charge is -2.35. The highest BCUT2D eigenvalue weighted by Gasteiger charge is 2.23. The summed E-state index contributed by atoms with van der Waals surface area (Å²) in [4.78, 5) is 26.8. The molecule has 1 saturated heterocycles. The van der Waals surface area contributed by atoms with Crippen LogP contribution in [0.3, 0.4) is 0 Å². The van der Waals surface area contributed by atoms with Crippen molar-refractivity contribution in [2.45, 2.75) is 13.8 Å². The van der Waals surface area contributed by atoms with Crippen LogP contribution in [0, 0.1) is 0 Å². The molecule has 0 radical (unpaired) electrons. The van der Waals surface area contributed by atoms with E-state index in [1.54, 1.807) is 17.9 Å². The first-order valence-electron chi connectivity index (χ1n) is 8.32. The SMILES string of the molecule is CCOC(=O)N1CCN(c2ccc(NS(=O)(=O)CC)c(C(=O)O)c2)CC1. The molecule has 1 aromatic carbocycles. The minimum absolute atomic E-state index is 0.0354. The van der Waals surface area contributed by atoms with Crippen molar-refractivity contribution in [3.8, 4) is 0 Å². The third kappa shape index (κ3) is 4.78. The molecule has 0 aromatic heterocycles. The molecule has 1 fully saturated rings. The second-order valence-electron chi connectivity index (χ2n) is 5.71. The van der Waals surface area contributed by atoms with E-state index in [-0.39, 0.29) is 23.1 Å². The molecule has 2 rings (SSSR count). The highest BCUT2D eigenvalue weighted by atomic mass is 32.2. The highest BCUT2D eigenvalue weighted by Crippen LogP contribution is 2.25. The number of rotatable bonds is 6. The van der Waals surface area contributed by atoms with Crippen LogP contribution < -0.4 is 9.62 Å². The summed E-state index contributed by atoms with van der Waals surface area (Å²) in [7, 11) is -3.57. The number of sulfonamides is 1. The van der Waals surface area contributed by atoms with Crippen LogP contribution >= 0.6 is 0 Å². The van der Waals surface area contributed by atoms with Crippen LogP contribution in [0.5, 0.6) is 0 Å². The van der Waals surface area contributed by atoms with Gasteiger partial charge in [-0.1, -0.05) is 0 Å². The van der Waals surface area contributed by atoms with Crippen LogP contribution in [0.2, 0.25) is 0 Å². The van der Waals surface area contributed by atoms with Crippen LogP contribution in [0.15, 0.2) is 18.2 Å². The number of benzene rings is 1. The Kier molecular flexibility index (Phi) is 6.30. The fourth-order valence-electron chi connectivity index (χ4n) is 2.60. The molecule has 1 heterocycles. The molecule has 144 valence electrons. The second-order valence-corrected chi connectivity index (χ2v) is 7.72. The molecule has 9 nitrogen and oxygen atoms in total. The summed E-state index contributed by atoms with van der Waals surface area (Å²) in [5, 5.41) is 9.41. The first kappa shape index (κ1) is 19.8. The van der Waals surface area contributed by atoms with Crippen LogP contribution in [0.25, 0.3) is 0 Å². The summed E-state index contributed by atoms with van der Waals surface area (Å²) in [5.74, 6) is -1.37. The lowest BCUT2D eigenvalue weighted by Crippen LogP contribution is -2.49. The van der Waals surface area contributed by atoms with Gasteiger partial charge in [-0.2, -0.15) is 0 Å². The number of piperazine rings is 1. The number of anilines is 2. The molecule has 1 amide bonds. The van der Waals surface area contributed by atoms with Gasteiger partial charge in [-0.15, -0.1) is 0 Å². The van der Waals surface area contributed by atoms with Crippen molar-refractivity contribution < 1.29 is 27.9 Å². The van der Waals surface area contributed by atoms with Gasteiger partial charge in [0, 0.05) is 31.9 Å². The maximum absolute atomic E-state index is 11.7. The average molecular weight is 385 g/mol. The van der Waals surface area contributed by atoms with Gasteiger partial charge in [0.25, 0.3) is 0 Å². The number of carbonyl (C=O) groups excluding carboxylic acids is 1. The molecular formula is C16H23N3O6S. The second kappa shape index (κ2) is 8.26. The Morgan fingerprint density at radius 3 is 2.38 bits per heavy atom. The van der Waals surface area contributed by atoms with E-state index in [0.29, 0.717) is 38.5 Å². The van der Waals surface area contributed by atoms with E-state index in [2.05, 4.69) is 4.72 Å². The van der Waals surface area contributed by atoms with Gasteiger partial charge in [-0.05, 0) is 32.0 Å². The Labute approximate surface area is 152 Å². The number of nitrogens with one attached hydrogen (secondary N) is 1. The van der Waals surface area contributed by atoms with Gasteiger partial charge in [0.05, 0.1) is 23.6 Å². The molecule has 0 spiro atoms. The molecule has 0 aliphatic carbocycles. The van der Waals surface area contributed by atoms with E-state index in [1.165, 1.54) is 19.1 Å². The first-order valence-corrected chi connectivity index (χ1v) is 9.97. The predicted molar refractivity (Wildman–Crippen MR) is 97.3 cm³/mol. The van der Waals surface area contributed by atoms with Gasteiger partial charge >= 0.3 is 12.1 Å². The van der Waals surface area contributed by atoms with Crippen LogP contribution in [-0.4, -0.2) is 69.0 Å². The number of ether oxygens (including phenoxy) is 1. The molecule has 26 heavy (non-hydrogen) atoms. The van der Waals surface area contributed by atoms with E-state index < -0.39 is 16.0 Å². The molecule has 0 unspecified atom stereocenters. The van der Waals surface area contributed by atoms with Crippen molar-refractivity contribution in [3.63, 3.8) is 0 Å². The number of carbonyl (C=O) groups is 2. The lowest BCUT2D eigenvalue weighted by molar-refractivity contribution is 0.0698. The lowest BCUT2D eigenvalue weighted by atomic mass is 10.1. The summed E-state index contributed by atoms with van der Waals surface area (Å²) < 4.78 is 30.7. The van der Waals surface area contributed by atoms with Gasteiger partial charge < -0.3 is 19.6 Å².